The first kappa shape index (κ1) is 25.3. The van der Waals surface area contributed by atoms with Gasteiger partial charge in [0.25, 0.3) is 0 Å². The number of para-hydroxylation sites is 1. The van der Waals surface area contributed by atoms with Gasteiger partial charge in [0.05, 0.1) is 24.3 Å². The number of allylic oxidation sites excluding steroid dienone is 1. The maximum absolute atomic E-state index is 12.6. The lowest BCUT2D eigenvalue weighted by Crippen LogP contribution is -2.04. The molecule has 0 aromatic heterocycles. The summed E-state index contributed by atoms with van der Waals surface area (Å²) in [5.41, 5.74) is 1.67. The molecule has 34 heavy (non-hydrogen) atoms. The number of hydrogen-bond acceptors (Lipinski definition) is 5. The van der Waals surface area contributed by atoms with Crippen molar-refractivity contribution in [3.05, 3.63) is 87.4 Å². The molecule has 0 spiro atoms. The van der Waals surface area contributed by atoms with Gasteiger partial charge in [-0.05, 0) is 54.1 Å². The van der Waals surface area contributed by atoms with Crippen LogP contribution in [0, 0.1) is 0 Å². The maximum atomic E-state index is 12.6. The second kappa shape index (κ2) is 11.7. The Morgan fingerprint density at radius 3 is 2.26 bits per heavy atom. The number of ketones is 1. The molecule has 3 aromatic rings. The Morgan fingerprint density at radius 2 is 1.62 bits per heavy atom. The first-order chi connectivity index (χ1) is 16.3. The van der Waals surface area contributed by atoms with E-state index in [2.05, 4.69) is 4.74 Å². The minimum Gasteiger partial charge on any atom is -0.496 e. The van der Waals surface area contributed by atoms with Crippen molar-refractivity contribution in [3.8, 4) is 23.0 Å². The molecular formula is C25H20Cl2F2O5. The Bertz CT molecular complexity index is 1180. The van der Waals surface area contributed by atoms with Crippen LogP contribution in [0.5, 0.6) is 23.0 Å². The quantitative estimate of drug-likeness (QED) is 0.216. The summed E-state index contributed by atoms with van der Waals surface area (Å²) in [7, 11) is 2.84. The normalized spacial score (nSPS) is 11.0. The van der Waals surface area contributed by atoms with Crippen molar-refractivity contribution < 1.29 is 32.5 Å². The first-order valence-corrected chi connectivity index (χ1v) is 10.7. The van der Waals surface area contributed by atoms with Crippen LogP contribution in [0.1, 0.15) is 21.5 Å². The third-order valence-corrected chi connectivity index (χ3v) is 5.28. The van der Waals surface area contributed by atoms with Crippen molar-refractivity contribution in [1.82, 2.24) is 0 Å². The lowest BCUT2D eigenvalue weighted by Gasteiger charge is -2.13. The SMILES string of the molecule is COc1ccc(/C=C/C(=O)c2ccc(OC(F)F)c(OC)c2)cc1COc1c(Cl)cccc1Cl. The fraction of sp³-hybridized carbons (Fsp3) is 0.160. The number of halogens is 4. The van der Waals surface area contributed by atoms with E-state index in [-0.39, 0.29) is 29.5 Å². The number of rotatable bonds is 10. The van der Waals surface area contributed by atoms with E-state index in [0.717, 1.165) is 0 Å². The van der Waals surface area contributed by atoms with Gasteiger partial charge in [0.2, 0.25) is 0 Å². The lowest BCUT2D eigenvalue weighted by atomic mass is 10.1. The van der Waals surface area contributed by atoms with Crippen molar-refractivity contribution in [2.24, 2.45) is 0 Å². The van der Waals surface area contributed by atoms with E-state index in [4.69, 9.17) is 37.4 Å². The third-order valence-electron chi connectivity index (χ3n) is 4.69. The van der Waals surface area contributed by atoms with Gasteiger partial charge in [-0.25, -0.2) is 0 Å². The van der Waals surface area contributed by atoms with Crippen LogP contribution in [0.4, 0.5) is 8.78 Å². The number of carbonyl (C=O) groups is 1. The van der Waals surface area contributed by atoms with Gasteiger partial charge in [0, 0.05) is 11.1 Å². The van der Waals surface area contributed by atoms with Gasteiger partial charge in [-0.1, -0.05) is 41.4 Å². The molecule has 0 unspecified atom stereocenters. The molecule has 0 fully saturated rings. The molecule has 0 aliphatic rings. The van der Waals surface area contributed by atoms with Crippen LogP contribution in [-0.4, -0.2) is 26.6 Å². The van der Waals surface area contributed by atoms with Crippen LogP contribution in [0.2, 0.25) is 10.0 Å². The summed E-state index contributed by atoms with van der Waals surface area (Å²) in [6.07, 6.45) is 2.98. The van der Waals surface area contributed by atoms with Crippen LogP contribution >= 0.6 is 23.2 Å². The van der Waals surface area contributed by atoms with Gasteiger partial charge >= 0.3 is 6.61 Å². The van der Waals surface area contributed by atoms with Gasteiger partial charge in [-0.2, -0.15) is 8.78 Å². The zero-order chi connectivity index (χ0) is 24.7. The topological polar surface area (TPSA) is 54.0 Å². The van der Waals surface area contributed by atoms with E-state index < -0.39 is 6.61 Å². The first-order valence-electron chi connectivity index (χ1n) is 9.91. The van der Waals surface area contributed by atoms with E-state index in [1.54, 1.807) is 42.5 Å². The number of ether oxygens (including phenoxy) is 4. The molecule has 0 aliphatic heterocycles. The number of hydrogen-bond donors (Lipinski definition) is 0. The Hall–Kier alpha value is -3.29. The van der Waals surface area contributed by atoms with Crippen molar-refractivity contribution in [2.75, 3.05) is 14.2 Å². The Kier molecular flexibility index (Phi) is 8.73. The van der Waals surface area contributed by atoms with E-state index in [9.17, 15) is 13.6 Å². The number of carbonyl (C=O) groups excluding carboxylic acids is 1. The molecule has 5 nitrogen and oxygen atoms in total. The molecule has 3 rings (SSSR count). The lowest BCUT2D eigenvalue weighted by molar-refractivity contribution is -0.0512. The predicted molar refractivity (Wildman–Crippen MR) is 127 cm³/mol. The zero-order valence-electron chi connectivity index (χ0n) is 18.2. The molecule has 0 saturated heterocycles. The smallest absolute Gasteiger partial charge is 0.387 e. The fourth-order valence-corrected chi connectivity index (χ4v) is 3.57. The molecule has 0 aliphatic carbocycles. The molecule has 0 saturated carbocycles. The summed E-state index contributed by atoms with van der Waals surface area (Å²) in [5, 5.41) is 0.766. The van der Waals surface area contributed by atoms with Gasteiger partial charge in [-0.15, -0.1) is 0 Å². The number of methoxy groups -OCH3 is 2. The van der Waals surface area contributed by atoms with Gasteiger partial charge < -0.3 is 18.9 Å². The summed E-state index contributed by atoms with van der Waals surface area (Å²) in [5.74, 6) is 0.472. The second-order valence-corrected chi connectivity index (χ2v) is 7.67. The predicted octanol–water partition coefficient (Wildman–Crippen LogP) is 7.09. The Balaban J connectivity index is 1.77. The average molecular weight is 509 g/mol. The molecule has 9 heteroatoms. The highest BCUT2D eigenvalue weighted by Gasteiger charge is 2.14. The highest BCUT2D eigenvalue weighted by atomic mass is 35.5. The number of alkyl halides is 2. The summed E-state index contributed by atoms with van der Waals surface area (Å²) in [4.78, 5) is 12.6. The molecule has 0 N–H and O–H groups in total. The van der Waals surface area contributed by atoms with Crippen LogP contribution in [0.3, 0.4) is 0 Å². The highest BCUT2D eigenvalue weighted by molar-refractivity contribution is 6.37. The summed E-state index contributed by atoms with van der Waals surface area (Å²) < 4.78 is 45.6. The maximum Gasteiger partial charge on any atom is 0.387 e. The molecule has 0 heterocycles. The van der Waals surface area contributed by atoms with Crippen molar-refractivity contribution in [3.63, 3.8) is 0 Å². The van der Waals surface area contributed by atoms with Crippen molar-refractivity contribution in [1.29, 1.82) is 0 Å². The molecule has 3 aromatic carbocycles. The standard InChI is InChI=1S/C25H20Cl2F2O5/c1-31-21-10-7-15(12-17(21)14-33-24-18(26)4-3-5-19(24)27)6-9-20(30)16-8-11-22(34-25(28)29)23(13-16)32-2/h3-13,25H,14H2,1-2H3/b9-6+. The highest BCUT2D eigenvalue weighted by Crippen LogP contribution is 2.34. The van der Waals surface area contributed by atoms with E-state index in [1.165, 1.54) is 38.5 Å². The Labute approximate surface area is 205 Å². The largest absolute Gasteiger partial charge is 0.496 e. The molecular weight excluding hydrogens is 489 g/mol. The second-order valence-electron chi connectivity index (χ2n) is 6.85. The van der Waals surface area contributed by atoms with Crippen LogP contribution in [-0.2, 0) is 6.61 Å². The van der Waals surface area contributed by atoms with E-state index in [1.807, 2.05) is 0 Å². The average Bonchev–Trinajstić information content (AvgIpc) is 2.82. The minimum atomic E-state index is -3.00. The molecule has 0 bridgehead atoms. The summed E-state index contributed by atoms with van der Waals surface area (Å²) in [6, 6.07) is 14.4. The van der Waals surface area contributed by atoms with Crippen molar-refractivity contribution in [2.45, 2.75) is 13.2 Å². The summed E-state index contributed by atoms with van der Waals surface area (Å²) >= 11 is 12.3. The van der Waals surface area contributed by atoms with Crippen LogP contribution in [0.15, 0.2) is 60.7 Å². The minimum absolute atomic E-state index is 0.0293. The van der Waals surface area contributed by atoms with E-state index >= 15 is 0 Å². The Morgan fingerprint density at radius 1 is 0.941 bits per heavy atom. The molecule has 0 amide bonds. The van der Waals surface area contributed by atoms with Gasteiger partial charge in [0.15, 0.2) is 23.0 Å². The van der Waals surface area contributed by atoms with Crippen molar-refractivity contribution >= 4 is 35.1 Å². The molecule has 0 radical (unpaired) electrons. The number of benzene rings is 3. The van der Waals surface area contributed by atoms with Gasteiger partial charge in [0.1, 0.15) is 12.4 Å². The summed E-state index contributed by atoms with van der Waals surface area (Å²) in [6.45, 7) is -2.87. The van der Waals surface area contributed by atoms with E-state index in [0.29, 0.717) is 32.7 Å². The van der Waals surface area contributed by atoms with Gasteiger partial charge in [-0.3, -0.25) is 4.79 Å². The fourth-order valence-electron chi connectivity index (χ4n) is 3.07. The zero-order valence-corrected chi connectivity index (χ0v) is 19.7. The molecule has 0 atom stereocenters. The monoisotopic (exact) mass is 508 g/mol. The van der Waals surface area contributed by atoms with Crippen LogP contribution < -0.4 is 18.9 Å². The third kappa shape index (κ3) is 6.40. The molecule has 178 valence electrons. The van der Waals surface area contributed by atoms with Crippen LogP contribution in [0.25, 0.3) is 6.08 Å².